The fourth-order valence-corrected chi connectivity index (χ4v) is 4.13. The van der Waals surface area contributed by atoms with Gasteiger partial charge in [0.25, 0.3) is 12.0 Å². The molecule has 0 amide bonds. The summed E-state index contributed by atoms with van der Waals surface area (Å²) in [5, 5.41) is 13.0. The zero-order chi connectivity index (χ0) is 25.4. The van der Waals surface area contributed by atoms with Crippen LogP contribution in [0.1, 0.15) is 46.6 Å². The van der Waals surface area contributed by atoms with Gasteiger partial charge < -0.3 is 10.4 Å². The second-order valence-electron chi connectivity index (χ2n) is 8.18. The van der Waals surface area contributed by atoms with E-state index in [-0.39, 0.29) is 33.5 Å². The lowest BCUT2D eigenvalue weighted by Gasteiger charge is -2.20. The molecule has 35 heavy (non-hydrogen) atoms. The van der Waals surface area contributed by atoms with Gasteiger partial charge in [-0.3, -0.25) is 9.36 Å². The van der Waals surface area contributed by atoms with Crippen molar-refractivity contribution in [3.63, 3.8) is 0 Å². The van der Waals surface area contributed by atoms with Gasteiger partial charge >= 0.3 is 5.97 Å². The van der Waals surface area contributed by atoms with Crippen LogP contribution >= 0.6 is 11.6 Å². The van der Waals surface area contributed by atoms with E-state index >= 15 is 0 Å². The predicted octanol–water partition coefficient (Wildman–Crippen LogP) is 5.77. The number of anilines is 1. The van der Waals surface area contributed by atoms with Crippen LogP contribution in [0.2, 0.25) is 5.15 Å². The van der Waals surface area contributed by atoms with Crippen LogP contribution in [0.3, 0.4) is 0 Å². The molecular weight excluding hydrogens is 478 g/mol. The highest BCUT2D eigenvalue weighted by atomic mass is 35.5. The number of rotatable bonds is 6. The van der Waals surface area contributed by atoms with Crippen LogP contribution in [0, 0.1) is 6.92 Å². The maximum absolute atomic E-state index is 13.3. The molecule has 2 N–H and O–H groups in total. The van der Waals surface area contributed by atoms with Gasteiger partial charge in [-0.2, -0.15) is 0 Å². The number of hydrogen-bond acceptors (Lipinski definition) is 5. The first kappa shape index (κ1) is 24.3. The molecule has 1 atom stereocenters. The van der Waals surface area contributed by atoms with Gasteiger partial charge in [0.2, 0.25) is 0 Å². The standard InChI is InChI=1S/C25H21ClF2N4O3/c1-12-9-16(13(2)29-18-7-8-19(26)30-21(18)25(34)35)20-17(10-12)24(33)32(3)23(31-20)15-6-4-5-14(11-15)22(27)28/h4-11,13,22,29H,1-3H3,(H,34,35)/t13-/m1/s1. The third-order valence-corrected chi connectivity index (χ3v) is 5.86. The summed E-state index contributed by atoms with van der Waals surface area (Å²) in [4.78, 5) is 33.5. The second-order valence-corrected chi connectivity index (χ2v) is 8.56. The van der Waals surface area contributed by atoms with Gasteiger partial charge in [0, 0.05) is 23.7 Å². The van der Waals surface area contributed by atoms with E-state index in [0.717, 1.165) is 5.56 Å². The van der Waals surface area contributed by atoms with Crippen molar-refractivity contribution >= 4 is 34.2 Å². The molecule has 0 bridgehead atoms. The molecule has 0 saturated carbocycles. The summed E-state index contributed by atoms with van der Waals surface area (Å²) >= 11 is 5.86. The number of aromatic nitrogens is 3. The van der Waals surface area contributed by atoms with Crippen molar-refractivity contribution in [3.8, 4) is 11.4 Å². The van der Waals surface area contributed by atoms with Crippen LogP contribution in [0.15, 0.2) is 53.3 Å². The van der Waals surface area contributed by atoms with Gasteiger partial charge in [-0.05, 0) is 43.7 Å². The first-order chi connectivity index (χ1) is 16.6. The number of halogens is 3. The Bertz CT molecular complexity index is 1520. The number of benzene rings is 2. The molecule has 0 radical (unpaired) electrons. The molecule has 0 aliphatic carbocycles. The molecule has 2 heterocycles. The molecule has 4 aromatic rings. The molecule has 0 aliphatic heterocycles. The number of carbonyl (C=O) groups is 1. The zero-order valence-corrected chi connectivity index (χ0v) is 19.8. The van der Waals surface area contributed by atoms with Crippen LogP contribution in [0.5, 0.6) is 0 Å². The van der Waals surface area contributed by atoms with Crippen molar-refractivity contribution < 1.29 is 18.7 Å². The largest absolute Gasteiger partial charge is 0.476 e. The Morgan fingerprint density at radius 3 is 2.57 bits per heavy atom. The maximum Gasteiger partial charge on any atom is 0.356 e. The Morgan fingerprint density at radius 2 is 1.89 bits per heavy atom. The number of alkyl halides is 2. The summed E-state index contributed by atoms with van der Waals surface area (Å²) in [6, 6.07) is 11.8. The Hall–Kier alpha value is -3.85. The minimum absolute atomic E-state index is 0.0439. The van der Waals surface area contributed by atoms with E-state index in [1.807, 2.05) is 13.0 Å². The average molecular weight is 499 g/mol. The normalized spacial score (nSPS) is 12.2. The van der Waals surface area contributed by atoms with Crippen molar-refractivity contribution in [1.29, 1.82) is 0 Å². The summed E-state index contributed by atoms with van der Waals surface area (Å²) in [6.07, 6.45) is -2.66. The highest BCUT2D eigenvalue weighted by Gasteiger charge is 2.20. The van der Waals surface area contributed by atoms with Crippen LogP contribution in [0.4, 0.5) is 14.5 Å². The zero-order valence-electron chi connectivity index (χ0n) is 19.0. The lowest BCUT2D eigenvalue weighted by Crippen LogP contribution is -2.22. The van der Waals surface area contributed by atoms with Crippen LogP contribution in [-0.2, 0) is 7.05 Å². The lowest BCUT2D eigenvalue weighted by atomic mass is 10.0. The Balaban J connectivity index is 1.89. The van der Waals surface area contributed by atoms with Gasteiger partial charge in [0.1, 0.15) is 11.0 Å². The van der Waals surface area contributed by atoms with Crippen molar-refractivity contribution in [2.24, 2.45) is 7.05 Å². The van der Waals surface area contributed by atoms with E-state index in [0.29, 0.717) is 22.0 Å². The second kappa shape index (κ2) is 9.42. The van der Waals surface area contributed by atoms with Crippen molar-refractivity contribution in [1.82, 2.24) is 14.5 Å². The summed E-state index contributed by atoms with van der Waals surface area (Å²) in [5.74, 6) is -1.01. The molecule has 2 aromatic carbocycles. The highest BCUT2D eigenvalue weighted by molar-refractivity contribution is 6.29. The third-order valence-electron chi connectivity index (χ3n) is 5.65. The fourth-order valence-electron chi connectivity index (χ4n) is 3.98. The maximum atomic E-state index is 13.3. The SMILES string of the molecule is Cc1cc([C@@H](C)Nc2ccc(Cl)nc2C(=O)O)c2nc(-c3cccc(C(F)F)c3)n(C)c(=O)c2c1. The highest BCUT2D eigenvalue weighted by Crippen LogP contribution is 2.30. The van der Waals surface area contributed by atoms with Crippen LogP contribution in [-0.4, -0.2) is 25.6 Å². The number of nitrogens with one attached hydrogen (secondary N) is 1. The number of nitrogens with zero attached hydrogens (tertiary/aromatic N) is 3. The molecule has 7 nitrogen and oxygen atoms in total. The summed E-state index contributed by atoms with van der Waals surface area (Å²) in [6.45, 7) is 3.63. The molecule has 0 aliphatic rings. The lowest BCUT2D eigenvalue weighted by molar-refractivity contribution is 0.0691. The summed E-state index contributed by atoms with van der Waals surface area (Å²) in [7, 11) is 1.54. The summed E-state index contributed by atoms with van der Waals surface area (Å²) in [5.41, 5.74) is 1.71. The topological polar surface area (TPSA) is 97.1 Å². The number of aryl methyl sites for hydroxylation is 1. The number of hydrogen-bond donors (Lipinski definition) is 2. The van der Waals surface area contributed by atoms with Crippen molar-refractivity contribution in [2.75, 3.05) is 5.32 Å². The van der Waals surface area contributed by atoms with Gasteiger partial charge in [-0.15, -0.1) is 0 Å². The molecule has 4 rings (SSSR count). The molecule has 0 unspecified atom stereocenters. The number of carboxylic acids is 1. The minimum Gasteiger partial charge on any atom is -0.476 e. The molecule has 2 aromatic heterocycles. The summed E-state index contributed by atoms with van der Waals surface area (Å²) < 4.78 is 27.9. The van der Waals surface area contributed by atoms with Gasteiger partial charge in [-0.25, -0.2) is 23.5 Å². The van der Waals surface area contributed by atoms with E-state index in [1.165, 1.54) is 34.9 Å². The molecule has 0 fully saturated rings. The quantitative estimate of drug-likeness (QED) is 0.328. The smallest absolute Gasteiger partial charge is 0.356 e. The number of pyridine rings is 1. The minimum atomic E-state index is -2.66. The van der Waals surface area contributed by atoms with Gasteiger partial charge in [0.15, 0.2) is 5.69 Å². The average Bonchev–Trinajstić information content (AvgIpc) is 2.82. The van der Waals surface area contributed by atoms with E-state index < -0.39 is 18.4 Å². The van der Waals surface area contributed by atoms with Crippen LogP contribution in [0.25, 0.3) is 22.3 Å². The molecule has 180 valence electrons. The number of aromatic carboxylic acids is 1. The van der Waals surface area contributed by atoms with E-state index in [9.17, 15) is 23.5 Å². The van der Waals surface area contributed by atoms with Gasteiger partial charge in [0.05, 0.1) is 22.6 Å². The number of carboxylic acid groups (broad SMARTS) is 1. The van der Waals surface area contributed by atoms with Crippen LogP contribution < -0.4 is 10.9 Å². The molecule has 10 heteroatoms. The third kappa shape index (κ3) is 4.72. The Kier molecular flexibility index (Phi) is 6.53. The van der Waals surface area contributed by atoms with E-state index in [4.69, 9.17) is 16.6 Å². The fraction of sp³-hybridized carbons (Fsp3) is 0.200. The predicted molar refractivity (Wildman–Crippen MR) is 130 cm³/mol. The monoisotopic (exact) mass is 498 g/mol. The molecule has 0 saturated heterocycles. The molecule has 0 spiro atoms. The number of fused-ring (bicyclic) bond motifs is 1. The van der Waals surface area contributed by atoms with Gasteiger partial charge in [-0.1, -0.05) is 35.9 Å². The Labute approximate surface area is 204 Å². The first-order valence-corrected chi connectivity index (χ1v) is 11.0. The van der Waals surface area contributed by atoms with E-state index in [2.05, 4.69) is 10.3 Å². The van der Waals surface area contributed by atoms with Crippen molar-refractivity contribution in [2.45, 2.75) is 26.3 Å². The molecular formula is C25H21ClF2N4O3. The van der Waals surface area contributed by atoms with E-state index in [1.54, 1.807) is 26.1 Å². The van der Waals surface area contributed by atoms with Crippen molar-refractivity contribution in [3.05, 3.63) is 86.4 Å². The Morgan fingerprint density at radius 1 is 1.14 bits per heavy atom. The first-order valence-electron chi connectivity index (χ1n) is 10.6.